The Morgan fingerprint density at radius 1 is 1.16 bits per heavy atom. The second kappa shape index (κ2) is 6.14. The van der Waals surface area contributed by atoms with Gasteiger partial charge in [0.05, 0.1) is 0 Å². The van der Waals surface area contributed by atoms with Gasteiger partial charge < -0.3 is 0 Å². The van der Waals surface area contributed by atoms with Crippen molar-refractivity contribution in [2.24, 2.45) is 0 Å². The molecule has 2 amide bonds. The first kappa shape index (κ1) is 14.9. The summed E-state index contributed by atoms with van der Waals surface area (Å²) in [5.74, 6) is -0.564. The second-order valence-corrected chi connectivity index (χ2v) is 3.85. The third-order valence-corrected chi connectivity index (χ3v) is 2.95. The fraction of sp³-hybridized carbons (Fsp3) is 0.250. The van der Waals surface area contributed by atoms with E-state index in [2.05, 4.69) is 6.58 Å². The maximum Gasteiger partial charge on any atom is 0.261 e. The number of hydrogen-bond acceptors (Lipinski definition) is 2. The molecule has 0 saturated heterocycles. The highest BCUT2D eigenvalue weighted by Crippen LogP contribution is 2.10. The highest BCUT2D eigenvalue weighted by molar-refractivity contribution is 6.26. The number of carbonyl (C=O) groups is 2. The molecule has 0 bridgehead atoms. The monoisotopic (exact) mass is 257 g/mol. The Labute approximate surface area is 113 Å². The molecule has 0 aliphatic carbocycles. The molecule has 19 heavy (non-hydrogen) atoms. The summed E-state index contributed by atoms with van der Waals surface area (Å²) in [5.41, 5.74) is 1.04. The molecule has 0 atom stereocenters. The molecular weight excluding hydrogens is 238 g/mol. The SMILES string of the molecule is C=CC1=c2c(ccc/c2=C/C)C(=O)N(C)C1=O.CC. The minimum Gasteiger partial charge on any atom is -0.277 e. The maximum absolute atomic E-state index is 12.0. The van der Waals surface area contributed by atoms with Crippen molar-refractivity contribution < 1.29 is 9.59 Å². The Morgan fingerprint density at radius 3 is 2.32 bits per heavy atom. The van der Waals surface area contributed by atoms with Crippen LogP contribution in [0.25, 0.3) is 11.6 Å². The van der Waals surface area contributed by atoms with Gasteiger partial charge in [0, 0.05) is 23.4 Å². The molecule has 100 valence electrons. The van der Waals surface area contributed by atoms with Crippen LogP contribution >= 0.6 is 0 Å². The van der Waals surface area contributed by atoms with Gasteiger partial charge in [-0.3, -0.25) is 14.5 Å². The van der Waals surface area contributed by atoms with Gasteiger partial charge in [0.15, 0.2) is 0 Å². The first-order valence-corrected chi connectivity index (χ1v) is 6.36. The van der Waals surface area contributed by atoms with Crippen molar-refractivity contribution in [1.29, 1.82) is 0 Å². The summed E-state index contributed by atoms with van der Waals surface area (Å²) in [6.45, 7) is 9.54. The largest absolute Gasteiger partial charge is 0.277 e. The molecule has 0 unspecified atom stereocenters. The van der Waals surface area contributed by atoms with Gasteiger partial charge in [-0.2, -0.15) is 0 Å². The molecule has 1 aliphatic rings. The zero-order valence-electron chi connectivity index (χ0n) is 11.9. The van der Waals surface area contributed by atoms with Crippen LogP contribution in [0.4, 0.5) is 0 Å². The van der Waals surface area contributed by atoms with E-state index in [1.54, 1.807) is 6.07 Å². The maximum atomic E-state index is 12.0. The molecule has 0 radical (unpaired) electrons. The molecule has 1 aliphatic heterocycles. The minimum atomic E-state index is -0.299. The van der Waals surface area contributed by atoms with E-state index in [1.165, 1.54) is 13.1 Å². The van der Waals surface area contributed by atoms with Gasteiger partial charge in [-0.1, -0.05) is 44.7 Å². The van der Waals surface area contributed by atoms with Crippen LogP contribution < -0.4 is 10.4 Å². The quantitative estimate of drug-likeness (QED) is 0.714. The van der Waals surface area contributed by atoms with E-state index < -0.39 is 0 Å². The molecule has 0 saturated carbocycles. The van der Waals surface area contributed by atoms with E-state index in [1.807, 2.05) is 39.0 Å². The third-order valence-electron chi connectivity index (χ3n) is 2.95. The van der Waals surface area contributed by atoms with Gasteiger partial charge in [-0.05, 0) is 18.2 Å². The normalized spacial score (nSPS) is 14.8. The number of fused-ring (bicyclic) bond motifs is 1. The van der Waals surface area contributed by atoms with Crippen molar-refractivity contribution in [3.63, 3.8) is 0 Å². The smallest absolute Gasteiger partial charge is 0.261 e. The van der Waals surface area contributed by atoms with E-state index in [-0.39, 0.29) is 11.8 Å². The van der Waals surface area contributed by atoms with Crippen molar-refractivity contribution >= 4 is 23.5 Å². The molecule has 0 N–H and O–H groups in total. The van der Waals surface area contributed by atoms with Gasteiger partial charge in [0.2, 0.25) is 0 Å². The Kier molecular flexibility index (Phi) is 4.81. The average Bonchev–Trinajstić information content (AvgIpc) is 2.47. The van der Waals surface area contributed by atoms with Crippen molar-refractivity contribution in [2.75, 3.05) is 7.05 Å². The molecule has 2 rings (SSSR count). The van der Waals surface area contributed by atoms with E-state index in [4.69, 9.17) is 0 Å². The van der Waals surface area contributed by atoms with Crippen molar-refractivity contribution in [2.45, 2.75) is 20.8 Å². The lowest BCUT2D eigenvalue weighted by atomic mass is 9.98. The molecule has 3 heteroatoms. The Bertz CT molecular complexity index is 641. The second-order valence-electron chi connectivity index (χ2n) is 3.85. The van der Waals surface area contributed by atoms with Gasteiger partial charge >= 0.3 is 0 Å². The number of benzene rings is 1. The Hall–Kier alpha value is -2.16. The van der Waals surface area contributed by atoms with Gasteiger partial charge in [-0.25, -0.2) is 0 Å². The standard InChI is InChI=1S/C14H13NO2.C2H6/c1-4-9-7-6-8-11-12(9)10(5-2)13(16)15(3)14(11)17;1-2/h4-8H,2H2,1,3H3;1-2H3/b9-4-;. The molecule has 0 fully saturated rings. The first-order valence-electron chi connectivity index (χ1n) is 6.36. The summed E-state index contributed by atoms with van der Waals surface area (Å²) in [4.78, 5) is 25.1. The Morgan fingerprint density at radius 2 is 1.79 bits per heavy atom. The lowest BCUT2D eigenvalue weighted by molar-refractivity contribution is -0.121. The predicted octanol–water partition coefficient (Wildman–Crippen LogP) is 1.46. The number of hydrogen-bond donors (Lipinski definition) is 0. The van der Waals surface area contributed by atoms with Crippen LogP contribution in [0.2, 0.25) is 0 Å². The lowest BCUT2D eigenvalue weighted by Gasteiger charge is -2.21. The van der Waals surface area contributed by atoms with Crippen LogP contribution in [-0.2, 0) is 4.79 Å². The summed E-state index contributed by atoms with van der Waals surface area (Å²) >= 11 is 0. The average molecular weight is 257 g/mol. The number of imide groups is 1. The minimum absolute atomic E-state index is 0.265. The molecule has 1 aromatic rings. The molecule has 1 heterocycles. The fourth-order valence-electron chi connectivity index (χ4n) is 2.04. The van der Waals surface area contributed by atoms with E-state index in [9.17, 15) is 9.59 Å². The summed E-state index contributed by atoms with van der Waals surface area (Å²) in [6, 6.07) is 5.43. The zero-order chi connectivity index (χ0) is 14.6. The summed E-state index contributed by atoms with van der Waals surface area (Å²) in [5, 5.41) is 1.57. The van der Waals surface area contributed by atoms with Gasteiger partial charge in [-0.15, -0.1) is 0 Å². The van der Waals surface area contributed by atoms with Crippen LogP contribution in [-0.4, -0.2) is 23.8 Å². The van der Waals surface area contributed by atoms with E-state index in [0.717, 1.165) is 10.1 Å². The summed E-state index contributed by atoms with van der Waals surface area (Å²) in [7, 11) is 1.49. The van der Waals surface area contributed by atoms with Crippen LogP contribution in [0, 0.1) is 0 Å². The van der Waals surface area contributed by atoms with Crippen LogP contribution in [0.15, 0.2) is 30.9 Å². The number of carbonyl (C=O) groups excluding carboxylic acids is 2. The highest BCUT2D eigenvalue weighted by atomic mass is 16.2. The van der Waals surface area contributed by atoms with Gasteiger partial charge in [0.1, 0.15) is 0 Å². The van der Waals surface area contributed by atoms with Gasteiger partial charge in [0.25, 0.3) is 11.8 Å². The summed E-state index contributed by atoms with van der Waals surface area (Å²) in [6.07, 6.45) is 3.39. The predicted molar refractivity (Wildman–Crippen MR) is 77.9 cm³/mol. The molecule has 3 nitrogen and oxygen atoms in total. The Balaban J connectivity index is 0.000000861. The van der Waals surface area contributed by atoms with Crippen LogP contribution in [0.3, 0.4) is 0 Å². The molecule has 0 aromatic heterocycles. The summed E-state index contributed by atoms with van der Waals surface area (Å²) < 4.78 is 0. The van der Waals surface area contributed by atoms with Crippen LogP contribution in [0.1, 0.15) is 31.1 Å². The number of rotatable bonds is 1. The lowest BCUT2D eigenvalue weighted by Crippen LogP contribution is -2.47. The molecular formula is C16H19NO2. The molecule has 0 spiro atoms. The van der Waals surface area contributed by atoms with Crippen molar-refractivity contribution in [1.82, 2.24) is 4.90 Å². The van der Waals surface area contributed by atoms with Crippen molar-refractivity contribution in [3.05, 3.63) is 46.9 Å². The first-order chi connectivity index (χ1) is 9.11. The number of amides is 2. The number of nitrogens with zero attached hydrogens (tertiary/aromatic N) is 1. The highest BCUT2D eigenvalue weighted by Gasteiger charge is 2.27. The topological polar surface area (TPSA) is 37.4 Å². The fourth-order valence-corrected chi connectivity index (χ4v) is 2.04. The third kappa shape index (κ3) is 2.36. The zero-order valence-corrected chi connectivity index (χ0v) is 11.9. The van der Waals surface area contributed by atoms with E-state index in [0.29, 0.717) is 16.4 Å². The molecule has 1 aromatic carbocycles. The van der Waals surface area contributed by atoms with Crippen LogP contribution in [0.5, 0.6) is 0 Å². The van der Waals surface area contributed by atoms with Crippen molar-refractivity contribution in [3.8, 4) is 0 Å². The van der Waals surface area contributed by atoms with E-state index >= 15 is 0 Å².